The molecule has 3 N–H and O–H groups in total. The monoisotopic (exact) mass is 400 g/mol. The van der Waals surface area contributed by atoms with Gasteiger partial charge in [0.2, 0.25) is 12.7 Å². The van der Waals surface area contributed by atoms with Crippen LogP contribution in [-0.2, 0) is 9.59 Å². The highest BCUT2D eigenvalue weighted by Gasteiger charge is 2.29. The van der Waals surface area contributed by atoms with Gasteiger partial charge in [0.05, 0.1) is 18.8 Å². The van der Waals surface area contributed by atoms with Crippen LogP contribution < -0.4 is 25.0 Å². The lowest BCUT2D eigenvalue weighted by atomic mass is 9.95. The molecule has 0 aromatic heterocycles. The van der Waals surface area contributed by atoms with Gasteiger partial charge in [0.1, 0.15) is 5.82 Å². The van der Waals surface area contributed by atoms with Crippen molar-refractivity contribution in [2.24, 2.45) is 5.92 Å². The zero-order valence-electron chi connectivity index (χ0n) is 15.9. The van der Waals surface area contributed by atoms with Crippen molar-refractivity contribution in [3.05, 3.63) is 48.3 Å². The third-order valence-corrected chi connectivity index (χ3v) is 5.26. The van der Waals surface area contributed by atoms with Gasteiger partial charge in [-0.15, -0.1) is 0 Å². The number of nitrogens with one attached hydrogen (secondary N) is 3. The molecular formula is C21H23FN3O4+. The Morgan fingerprint density at radius 3 is 2.59 bits per heavy atom. The van der Waals surface area contributed by atoms with E-state index < -0.39 is 5.82 Å². The number of amides is 2. The number of piperidine rings is 1. The number of ether oxygens (including phenoxy) is 2. The molecule has 0 radical (unpaired) electrons. The molecule has 1 saturated heterocycles. The molecule has 2 aromatic rings. The first-order chi connectivity index (χ1) is 14.1. The molecule has 2 heterocycles. The van der Waals surface area contributed by atoms with Gasteiger partial charge in [-0.1, -0.05) is 12.1 Å². The molecule has 8 heteroatoms. The Kier molecular flexibility index (Phi) is 5.62. The molecule has 0 unspecified atom stereocenters. The van der Waals surface area contributed by atoms with Crippen molar-refractivity contribution in [3.8, 4) is 11.5 Å². The van der Waals surface area contributed by atoms with Gasteiger partial charge < -0.3 is 25.0 Å². The third kappa shape index (κ3) is 4.65. The Morgan fingerprint density at radius 1 is 1.03 bits per heavy atom. The number of carbonyl (C=O) groups is 2. The number of benzene rings is 2. The van der Waals surface area contributed by atoms with E-state index in [-0.39, 0.29) is 36.8 Å². The van der Waals surface area contributed by atoms with Crippen LogP contribution >= 0.6 is 0 Å². The number of anilines is 2. The van der Waals surface area contributed by atoms with E-state index in [2.05, 4.69) is 10.6 Å². The normalized spacial score (nSPS) is 20.2. The molecule has 2 aliphatic rings. The van der Waals surface area contributed by atoms with E-state index >= 15 is 0 Å². The smallest absolute Gasteiger partial charge is 0.279 e. The van der Waals surface area contributed by atoms with E-state index in [1.54, 1.807) is 30.3 Å². The fraction of sp³-hybridized carbons (Fsp3) is 0.333. The van der Waals surface area contributed by atoms with E-state index in [1.165, 1.54) is 12.1 Å². The molecule has 4 rings (SSSR count). The van der Waals surface area contributed by atoms with Crippen LogP contribution in [0.1, 0.15) is 12.8 Å². The summed E-state index contributed by atoms with van der Waals surface area (Å²) in [6.07, 6.45) is 1.39. The van der Waals surface area contributed by atoms with Gasteiger partial charge in [0.15, 0.2) is 18.0 Å². The topological polar surface area (TPSA) is 81.1 Å². The summed E-state index contributed by atoms with van der Waals surface area (Å²) in [5, 5.41) is 5.54. The second kappa shape index (κ2) is 8.48. The Balaban J connectivity index is 1.24. The molecule has 0 bridgehead atoms. The summed E-state index contributed by atoms with van der Waals surface area (Å²) < 4.78 is 24.2. The lowest BCUT2D eigenvalue weighted by Gasteiger charge is -2.28. The van der Waals surface area contributed by atoms with Crippen LogP contribution in [0, 0.1) is 11.7 Å². The Bertz CT molecular complexity index is 913. The van der Waals surface area contributed by atoms with Gasteiger partial charge >= 0.3 is 0 Å². The minimum absolute atomic E-state index is 0.0290. The number of fused-ring (bicyclic) bond motifs is 1. The fourth-order valence-electron chi connectivity index (χ4n) is 3.67. The molecule has 0 atom stereocenters. The van der Waals surface area contributed by atoms with Crippen molar-refractivity contribution >= 4 is 23.2 Å². The summed E-state index contributed by atoms with van der Waals surface area (Å²) in [5.74, 6) is 0.497. The van der Waals surface area contributed by atoms with Crippen molar-refractivity contribution in [3.63, 3.8) is 0 Å². The molecule has 7 nitrogen and oxygen atoms in total. The van der Waals surface area contributed by atoms with Crippen LogP contribution in [0.4, 0.5) is 15.8 Å². The van der Waals surface area contributed by atoms with Crippen molar-refractivity contribution < 1.29 is 28.4 Å². The molecule has 152 valence electrons. The van der Waals surface area contributed by atoms with Crippen molar-refractivity contribution in [1.82, 2.24) is 0 Å². The summed E-state index contributed by atoms with van der Waals surface area (Å²) in [4.78, 5) is 25.8. The van der Waals surface area contributed by atoms with E-state index in [1.807, 2.05) is 0 Å². The Hall–Kier alpha value is -3.13. The maximum absolute atomic E-state index is 13.6. The van der Waals surface area contributed by atoms with Crippen molar-refractivity contribution in [2.75, 3.05) is 37.1 Å². The standard InChI is InChI=1S/C21H22FN3O4/c22-16-3-1-2-4-17(16)24-20(26)12-25-9-7-14(8-10-25)21(27)23-15-5-6-18-19(11-15)29-13-28-18/h1-6,11,14H,7-10,12-13H2,(H,23,27)(H,24,26)/p+1. The predicted molar refractivity (Wildman–Crippen MR) is 105 cm³/mol. The number of halogens is 1. The largest absolute Gasteiger partial charge is 0.454 e. The minimum Gasteiger partial charge on any atom is -0.454 e. The highest BCUT2D eigenvalue weighted by Crippen LogP contribution is 2.34. The number of likely N-dealkylation sites (tertiary alicyclic amines) is 1. The zero-order chi connectivity index (χ0) is 20.2. The molecule has 0 spiro atoms. The SMILES string of the molecule is O=C(C[NH+]1CCC(C(=O)Nc2ccc3c(c2)OCO3)CC1)Nc1ccccc1F. The molecule has 2 amide bonds. The molecule has 2 aliphatic heterocycles. The first-order valence-corrected chi connectivity index (χ1v) is 9.67. The molecular weight excluding hydrogens is 377 g/mol. The van der Waals surface area contributed by atoms with E-state index in [0.717, 1.165) is 4.90 Å². The molecule has 0 saturated carbocycles. The first-order valence-electron chi connectivity index (χ1n) is 9.67. The first kappa shape index (κ1) is 19.2. The van der Waals surface area contributed by atoms with Crippen LogP contribution in [0.2, 0.25) is 0 Å². The van der Waals surface area contributed by atoms with Crippen molar-refractivity contribution in [2.45, 2.75) is 12.8 Å². The Labute approximate surface area is 167 Å². The van der Waals surface area contributed by atoms with Crippen LogP contribution in [0.5, 0.6) is 11.5 Å². The van der Waals surface area contributed by atoms with E-state index in [4.69, 9.17) is 9.47 Å². The number of carbonyl (C=O) groups excluding carboxylic acids is 2. The summed E-state index contributed by atoms with van der Waals surface area (Å²) in [5.41, 5.74) is 0.869. The van der Waals surface area contributed by atoms with Crippen LogP contribution in [0.15, 0.2) is 42.5 Å². The third-order valence-electron chi connectivity index (χ3n) is 5.26. The predicted octanol–water partition coefficient (Wildman–Crippen LogP) is 1.43. The fourth-order valence-corrected chi connectivity index (χ4v) is 3.67. The Morgan fingerprint density at radius 2 is 1.79 bits per heavy atom. The lowest BCUT2D eigenvalue weighted by molar-refractivity contribution is -0.897. The number of hydrogen-bond donors (Lipinski definition) is 3. The highest BCUT2D eigenvalue weighted by molar-refractivity contribution is 5.93. The van der Waals surface area contributed by atoms with Crippen LogP contribution in [0.3, 0.4) is 0 Å². The van der Waals surface area contributed by atoms with Gasteiger partial charge in [-0.25, -0.2) is 4.39 Å². The maximum atomic E-state index is 13.6. The molecule has 29 heavy (non-hydrogen) atoms. The van der Waals surface area contributed by atoms with Gasteiger partial charge in [-0.3, -0.25) is 9.59 Å². The number of rotatable bonds is 5. The highest BCUT2D eigenvalue weighted by atomic mass is 19.1. The van der Waals surface area contributed by atoms with Crippen LogP contribution in [0.25, 0.3) is 0 Å². The van der Waals surface area contributed by atoms with E-state index in [9.17, 15) is 14.0 Å². The van der Waals surface area contributed by atoms with Gasteiger partial charge in [0.25, 0.3) is 5.91 Å². The van der Waals surface area contributed by atoms with Crippen LogP contribution in [-0.4, -0.2) is 38.2 Å². The summed E-state index contributed by atoms with van der Waals surface area (Å²) in [7, 11) is 0. The zero-order valence-corrected chi connectivity index (χ0v) is 15.9. The quantitative estimate of drug-likeness (QED) is 0.709. The number of quaternary nitrogens is 1. The average molecular weight is 400 g/mol. The maximum Gasteiger partial charge on any atom is 0.279 e. The van der Waals surface area contributed by atoms with Gasteiger partial charge in [0, 0.05) is 30.5 Å². The molecule has 2 aromatic carbocycles. The summed E-state index contributed by atoms with van der Waals surface area (Å²) in [6, 6.07) is 11.4. The molecule has 0 aliphatic carbocycles. The second-order valence-corrected chi connectivity index (χ2v) is 7.29. The minimum atomic E-state index is -0.449. The summed E-state index contributed by atoms with van der Waals surface area (Å²) >= 11 is 0. The van der Waals surface area contributed by atoms with Gasteiger partial charge in [-0.05, 0) is 24.3 Å². The van der Waals surface area contributed by atoms with Crippen molar-refractivity contribution in [1.29, 1.82) is 0 Å². The van der Waals surface area contributed by atoms with E-state index in [0.29, 0.717) is 43.1 Å². The number of hydrogen-bond acceptors (Lipinski definition) is 4. The molecule has 1 fully saturated rings. The second-order valence-electron chi connectivity index (χ2n) is 7.29. The summed E-state index contributed by atoms with van der Waals surface area (Å²) in [6.45, 7) is 1.87. The van der Waals surface area contributed by atoms with Gasteiger partial charge in [-0.2, -0.15) is 0 Å². The number of para-hydroxylation sites is 1. The average Bonchev–Trinajstić information content (AvgIpc) is 3.18. The lowest BCUT2D eigenvalue weighted by Crippen LogP contribution is -3.14.